The number of thiophene rings is 1. The number of anilines is 1. The van der Waals surface area contributed by atoms with Crippen molar-refractivity contribution in [2.45, 2.75) is 25.3 Å². The van der Waals surface area contributed by atoms with Gasteiger partial charge in [0.25, 0.3) is 5.91 Å². The zero-order valence-electron chi connectivity index (χ0n) is 19.8. The van der Waals surface area contributed by atoms with Crippen LogP contribution in [0.2, 0.25) is 0 Å². The van der Waals surface area contributed by atoms with Crippen molar-refractivity contribution in [3.05, 3.63) is 52.9 Å². The monoisotopic (exact) mass is 507 g/mol. The summed E-state index contributed by atoms with van der Waals surface area (Å²) in [6, 6.07) is 5.80. The molecule has 0 atom stereocenters. The van der Waals surface area contributed by atoms with Crippen LogP contribution in [-0.4, -0.2) is 63.4 Å². The molecule has 1 aliphatic rings. The highest BCUT2D eigenvalue weighted by Gasteiger charge is 2.23. The Hall–Kier alpha value is -3.74. The van der Waals surface area contributed by atoms with E-state index in [1.54, 1.807) is 36.2 Å². The predicted octanol–water partition coefficient (Wildman–Crippen LogP) is 3.20. The van der Waals surface area contributed by atoms with E-state index in [4.69, 9.17) is 24.6 Å². The topological polar surface area (TPSA) is 135 Å². The molecule has 0 bridgehead atoms. The number of hydrogen-bond donors (Lipinski definition) is 2. The molecule has 186 valence electrons. The minimum Gasteiger partial charge on any atom is -0.481 e. The van der Waals surface area contributed by atoms with Gasteiger partial charge in [0.2, 0.25) is 11.8 Å². The number of amides is 1. The number of carbonyl (C=O) groups excluding carboxylic acids is 1. The molecule has 1 amide bonds. The first kappa shape index (κ1) is 24.0. The van der Waals surface area contributed by atoms with Gasteiger partial charge in [-0.05, 0) is 25.0 Å². The maximum atomic E-state index is 11.5. The number of hydroxylamine groups is 1. The minimum atomic E-state index is -0.657. The molecule has 5 rings (SSSR count). The van der Waals surface area contributed by atoms with Crippen LogP contribution in [0.1, 0.15) is 39.7 Å². The average Bonchev–Trinajstić information content (AvgIpc) is 3.35. The van der Waals surface area contributed by atoms with Gasteiger partial charge in [-0.1, -0.05) is 0 Å². The molecule has 0 saturated carbocycles. The SMILES string of the molecule is COc1ccc(-c2nc(C3CCOCC3)c3sc(CN(C)c4ncc(C(=O)NO)cn4)cc3n2)cn1. The van der Waals surface area contributed by atoms with Crippen LogP contribution in [0.5, 0.6) is 5.88 Å². The van der Waals surface area contributed by atoms with E-state index >= 15 is 0 Å². The van der Waals surface area contributed by atoms with Gasteiger partial charge < -0.3 is 14.4 Å². The molecule has 0 unspecified atom stereocenters. The van der Waals surface area contributed by atoms with Gasteiger partial charge >= 0.3 is 0 Å². The Morgan fingerprint density at radius 3 is 2.64 bits per heavy atom. The van der Waals surface area contributed by atoms with E-state index < -0.39 is 5.91 Å². The lowest BCUT2D eigenvalue weighted by atomic mass is 9.96. The van der Waals surface area contributed by atoms with Gasteiger partial charge in [-0.15, -0.1) is 11.3 Å². The second kappa shape index (κ2) is 10.5. The van der Waals surface area contributed by atoms with Crippen LogP contribution >= 0.6 is 11.3 Å². The number of fused-ring (bicyclic) bond motifs is 1. The van der Waals surface area contributed by atoms with Crippen LogP contribution in [-0.2, 0) is 11.3 Å². The van der Waals surface area contributed by atoms with E-state index in [2.05, 4.69) is 21.0 Å². The number of nitrogens with one attached hydrogen (secondary N) is 1. The molecule has 4 aromatic heterocycles. The maximum Gasteiger partial charge on any atom is 0.277 e. The van der Waals surface area contributed by atoms with Crippen LogP contribution in [0, 0.1) is 0 Å². The molecule has 2 N–H and O–H groups in total. The van der Waals surface area contributed by atoms with Gasteiger partial charge in [0, 0.05) is 61.3 Å². The number of aromatic nitrogens is 5. The van der Waals surface area contributed by atoms with Crippen LogP contribution in [0.4, 0.5) is 5.95 Å². The van der Waals surface area contributed by atoms with Crippen molar-refractivity contribution in [3.8, 4) is 17.3 Å². The highest BCUT2D eigenvalue weighted by Crippen LogP contribution is 2.37. The average molecular weight is 508 g/mol. The molecule has 1 fully saturated rings. The van der Waals surface area contributed by atoms with Crippen LogP contribution < -0.4 is 15.1 Å². The molecular weight excluding hydrogens is 482 g/mol. The van der Waals surface area contributed by atoms with E-state index in [0.29, 0.717) is 30.1 Å². The highest BCUT2D eigenvalue weighted by molar-refractivity contribution is 7.19. The molecule has 5 heterocycles. The lowest BCUT2D eigenvalue weighted by molar-refractivity contribution is 0.0705. The van der Waals surface area contributed by atoms with Crippen molar-refractivity contribution in [1.29, 1.82) is 0 Å². The van der Waals surface area contributed by atoms with Gasteiger partial charge in [0.05, 0.1) is 35.1 Å². The lowest BCUT2D eigenvalue weighted by Crippen LogP contribution is -2.21. The number of ether oxygens (including phenoxy) is 2. The van der Waals surface area contributed by atoms with Crippen molar-refractivity contribution in [1.82, 2.24) is 30.4 Å². The number of pyridine rings is 1. The molecule has 36 heavy (non-hydrogen) atoms. The third-order valence-electron chi connectivity index (χ3n) is 6.00. The molecule has 4 aromatic rings. The van der Waals surface area contributed by atoms with E-state index in [1.165, 1.54) is 12.4 Å². The van der Waals surface area contributed by atoms with Gasteiger partial charge in [0.1, 0.15) is 0 Å². The maximum absolute atomic E-state index is 11.5. The summed E-state index contributed by atoms with van der Waals surface area (Å²) in [5, 5.41) is 8.77. The lowest BCUT2D eigenvalue weighted by Gasteiger charge is -2.22. The predicted molar refractivity (Wildman–Crippen MR) is 133 cm³/mol. The smallest absolute Gasteiger partial charge is 0.277 e. The third kappa shape index (κ3) is 4.96. The molecule has 12 heteroatoms. The fourth-order valence-corrected chi connectivity index (χ4v) is 5.31. The molecule has 11 nitrogen and oxygen atoms in total. The quantitative estimate of drug-likeness (QED) is 0.283. The Balaban J connectivity index is 1.47. The summed E-state index contributed by atoms with van der Waals surface area (Å²) in [6.07, 6.45) is 6.31. The first-order valence-corrected chi connectivity index (χ1v) is 12.2. The summed E-state index contributed by atoms with van der Waals surface area (Å²) < 4.78 is 11.8. The summed E-state index contributed by atoms with van der Waals surface area (Å²) >= 11 is 1.67. The third-order valence-corrected chi connectivity index (χ3v) is 7.13. The Morgan fingerprint density at radius 2 is 1.97 bits per heavy atom. The van der Waals surface area contributed by atoms with Crippen LogP contribution in [0.3, 0.4) is 0 Å². The molecule has 1 saturated heterocycles. The van der Waals surface area contributed by atoms with Crippen molar-refractivity contribution >= 4 is 33.4 Å². The largest absolute Gasteiger partial charge is 0.481 e. The first-order chi connectivity index (χ1) is 17.6. The zero-order chi connectivity index (χ0) is 25.1. The number of rotatable bonds is 7. The van der Waals surface area contributed by atoms with Crippen molar-refractivity contribution in [3.63, 3.8) is 0 Å². The van der Waals surface area contributed by atoms with Crippen LogP contribution in [0.25, 0.3) is 21.6 Å². The standard InChI is InChI=1S/C24H25N7O4S/c1-31(24-26-11-16(12-27-24)23(32)30-33)13-17-9-18-21(36-17)20(14-5-7-35-8-6-14)29-22(28-18)15-3-4-19(34-2)25-10-15/h3-4,9-12,14,33H,5-8,13H2,1-2H3,(H,30,32). The fourth-order valence-electron chi connectivity index (χ4n) is 4.09. The van der Waals surface area contributed by atoms with Gasteiger partial charge in [-0.3, -0.25) is 10.0 Å². The van der Waals surface area contributed by atoms with E-state index in [9.17, 15) is 4.79 Å². The molecule has 0 radical (unpaired) electrons. The van der Waals surface area contributed by atoms with Gasteiger partial charge in [0.15, 0.2) is 5.82 Å². The number of methoxy groups -OCH3 is 1. The van der Waals surface area contributed by atoms with Crippen LogP contribution in [0.15, 0.2) is 36.8 Å². The molecule has 0 aromatic carbocycles. The first-order valence-electron chi connectivity index (χ1n) is 11.4. The summed E-state index contributed by atoms with van der Waals surface area (Å²) in [5.41, 5.74) is 4.52. The molecule has 0 spiro atoms. The highest BCUT2D eigenvalue weighted by atomic mass is 32.1. The normalized spacial score (nSPS) is 14.1. The van der Waals surface area contributed by atoms with E-state index in [1.807, 2.05) is 18.0 Å². The summed E-state index contributed by atoms with van der Waals surface area (Å²) in [5.74, 6) is 1.28. The second-order valence-corrected chi connectivity index (χ2v) is 9.54. The number of carbonyl (C=O) groups is 1. The molecule has 1 aliphatic heterocycles. The minimum absolute atomic E-state index is 0.174. The van der Waals surface area contributed by atoms with Crippen molar-refractivity contribution in [2.75, 3.05) is 32.3 Å². The Bertz CT molecular complexity index is 1360. The molecular formula is C24H25N7O4S. The zero-order valence-corrected chi connectivity index (χ0v) is 20.7. The Labute approximate surface area is 211 Å². The summed E-state index contributed by atoms with van der Waals surface area (Å²) in [4.78, 5) is 37.2. The Kier molecular flexibility index (Phi) is 6.98. The fraction of sp³-hybridized carbons (Fsp3) is 0.333. The Morgan fingerprint density at radius 1 is 1.19 bits per heavy atom. The number of nitrogens with zero attached hydrogens (tertiary/aromatic N) is 6. The summed E-state index contributed by atoms with van der Waals surface area (Å²) in [6.45, 7) is 2.00. The summed E-state index contributed by atoms with van der Waals surface area (Å²) in [7, 11) is 3.47. The van der Waals surface area contributed by atoms with E-state index in [-0.39, 0.29) is 5.56 Å². The van der Waals surface area contributed by atoms with Gasteiger partial charge in [-0.25, -0.2) is 30.4 Å². The van der Waals surface area contributed by atoms with Gasteiger partial charge in [-0.2, -0.15) is 0 Å². The molecule has 0 aliphatic carbocycles. The van der Waals surface area contributed by atoms with Crippen molar-refractivity contribution in [2.24, 2.45) is 0 Å². The second-order valence-electron chi connectivity index (χ2n) is 8.40. The number of hydrogen-bond acceptors (Lipinski definition) is 11. The van der Waals surface area contributed by atoms with Crippen molar-refractivity contribution < 1.29 is 19.5 Å². The van der Waals surface area contributed by atoms with E-state index in [0.717, 1.165) is 52.4 Å².